The molecule has 1 N–H and O–H groups in total. The first-order valence-corrected chi connectivity index (χ1v) is 11.0. The average molecular weight is 399 g/mol. The van der Waals surface area contributed by atoms with Crippen molar-refractivity contribution in [2.75, 3.05) is 49.7 Å². The number of amides is 1. The first kappa shape index (κ1) is 18.3. The summed E-state index contributed by atoms with van der Waals surface area (Å²) in [6, 6.07) is 13.6. The normalized spacial score (nSPS) is 15.3. The molecule has 2 aromatic carbocycles. The number of carbonyl (C=O) groups is 1. The smallest absolute Gasteiger partial charge is 0.256 e. The molecular weight excluding hydrogens is 376 g/mol. The molecule has 0 unspecified atom stereocenters. The molecule has 0 aliphatic carbocycles. The molecule has 0 radical (unpaired) electrons. The Labute approximate surface area is 167 Å². The molecule has 0 saturated carbocycles. The van der Waals surface area contributed by atoms with Gasteiger partial charge in [-0.15, -0.1) is 11.8 Å². The van der Waals surface area contributed by atoms with E-state index >= 15 is 0 Å². The standard InChI is InChI=1S/C20H22N4OS2/c1-23-9-11-24(12-10-23)20-22-16-8-7-14(13-18(16)27-20)21-19(25)15-5-3-4-6-17(15)26-2/h3-8,13H,9-12H2,1-2H3,(H,21,25). The topological polar surface area (TPSA) is 48.5 Å². The van der Waals surface area contributed by atoms with Gasteiger partial charge in [-0.2, -0.15) is 0 Å². The van der Waals surface area contributed by atoms with E-state index in [9.17, 15) is 4.79 Å². The van der Waals surface area contributed by atoms with Crippen molar-refractivity contribution in [3.05, 3.63) is 48.0 Å². The Hall–Kier alpha value is -2.09. The minimum atomic E-state index is -0.0805. The fourth-order valence-electron chi connectivity index (χ4n) is 3.15. The van der Waals surface area contributed by atoms with Gasteiger partial charge < -0.3 is 15.1 Å². The van der Waals surface area contributed by atoms with Crippen LogP contribution in [-0.2, 0) is 0 Å². The monoisotopic (exact) mass is 398 g/mol. The Morgan fingerprint density at radius 3 is 2.70 bits per heavy atom. The number of fused-ring (bicyclic) bond motifs is 1. The maximum absolute atomic E-state index is 12.7. The largest absolute Gasteiger partial charge is 0.345 e. The van der Waals surface area contributed by atoms with Crippen LogP contribution in [0.5, 0.6) is 0 Å². The number of thioether (sulfide) groups is 1. The molecular formula is C20H22N4OS2. The van der Waals surface area contributed by atoms with Crippen LogP contribution >= 0.6 is 23.1 Å². The number of likely N-dealkylation sites (N-methyl/N-ethyl adjacent to an activating group) is 1. The number of anilines is 2. The number of hydrogen-bond acceptors (Lipinski definition) is 6. The van der Waals surface area contributed by atoms with Gasteiger partial charge >= 0.3 is 0 Å². The van der Waals surface area contributed by atoms with Crippen LogP contribution in [-0.4, -0.2) is 55.3 Å². The molecule has 27 heavy (non-hydrogen) atoms. The van der Waals surface area contributed by atoms with E-state index in [2.05, 4.69) is 22.2 Å². The Morgan fingerprint density at radius 1 is 1.15 bits per heavy atom. The van der Waals surface area contributed by atoms with Gasteiger partial charge in [0.1, 0.15) is 0 Å². The van der Waals surface area contributed by atoms with E-state index in [0.29, 0.717) is 5.56 Å². The van der Waals surface area contributed by atoms with Crippen LogP contribution in [0.3, 0.4) is 0 Å². The lowest BCUT2D eigenvalue weighted by Crippen LogP contribution is -2.44. The number of nitrogens with zero attached hydrogens (tertiary/aromatic N) is 3. The molecule has 1 fully saturated rings. The molecule has 1 aliphatic rings. The number of carbonyl (C=O) groups excluding carboxylic acids is 1. The Bertz CT molecular complexity index is 964. The minimum absolute atomic E-state index is 0.0805. The van der Waals surface area contributed by atoms with Gasteiger partial charge in [0.15, 0.2) is 5.13 Å². The average Bonchev–Trinajstić information content (AvgIpc) is 3.11. The Balaban J connectivity index is 1.54. The van der Waals surface area contributed by atoms with E-state index in [-0.39, 0.29) is 5.91 Å². The van der Waals surface area contributed by atoms with Crippen LogP contribution in [0, 0.1) is 0 Å². The molecule has 7 heteroatoms. The van der Waals surface area contributed by atoms with Crippen molar-refractivity contribution in [3.8, 4) is 0 Å². The van der Waals surface area contributed by atoms with Crippen molar-refractivity contribution in [1.29, 1.82) is 0 Å². The van der Waals surface area contributed by atoms with Gasteiger partial charge in [-0.25, -0.2) is 4.98 Å². The van der Waals surface area contributed by atoms with Crippen LogP contribution in [0.4, 0.5) is 10.8 Å². The molecule has 1 aromatic heterocycles. The zero-order valence-corrected chi connectivity index (χ0v) is 17.1. The zero-order valence-electron chi connectivity index (χ0n) is 15.4. The van der Waals surface area contributed by atoms with Gasteiger partial charge in [-0.1, -0.05) is 23.5 Å². The summed E-state index contributed by atoms with van der Waals surface area (Å²) in [5.74, 6) is -0.0805. The van der Waals surface area contributed by atoms with Gasteiger partial charge in [-0.3, -0.25) is 4.79 Å². The molecule has 1 saturated heterocycles. The van der Waals surface area contributed by atoms with Crippen LogP contribution in [0.1, 0.15) is 10.4 Å². The first-order valence-electron chi connectivity index (χ1n) is 8.92. The lowest BCUT2D eigenvalue weighted by atomic mass is 10.2. The van der Waals surface area contributed by atoms with E-state index in [1.807, 2.05) is 48.7 Å². The lowest BCUT2D eigenvalue weighted by molar-refractivity contribution is 0.102. The summed E-state index contributed by atoms with van der Waals surface area (Å²) >= 11 is 3.27. The predicted molar refractivity (Wildman–Crippen MR) is 116 cm³/mol. The second-order valence-corrected chi connectivity index (χ2v) is 8.48. The first-order chi connectivity index (χ1) is 13.1. The Morgan fingerprint density at radius 2 is 1.93 bits per heavy atom. The number of aromatic nitrogens is 1. The van der Waals surface area contributed by atoms with Gasteiger partial charge in [0.25, 0.3) is 5.91 Å². The number of rotatable bonds is 4. The highest BCUT2D eigenvalue weighted by Crippen LogP contribution is 2.31. The summed E-state index contributed by atoms with van der Waals surface area (Å²) in [5, 5.41) is 4.09. The molecule has 0 spiro atoms. The minimum Gasteiger partial charge on any atom is -0.345 e. The zero-order chi connectivity index (χ0) is 18.8. The molecule has 5 nitrogen and oxygen atoms in total. The fourth-order valence-corrected chi connectivity index (χ4v) is 4.81. The number of hydrogen-bond donors (Lipinski definition) is 1. The molecule has 4 rings (SSSR count). The summed E-state index contributed by atoms with van der Waals surface area (Å²) < 4.78 is 1.10. The SMILES string of the molecule is CSc1ccccc1C(=O)Nc1ccc2nc(N3CCN(C)CC3)sc2c1. The quantitative estimate of drug-likeness (QED) is 0.673. The van der Waals surface area contributed by atoms with Gasteiger partial charge in [0, 0.05) is 36.8 Å². The third-order valence-electron chi connectivity index (χ3n) is 4.76. The summed E-state index contributed by atoms with van der Waals surface area (Å²) in [5.41, 5.74) is 2.49. The van der Waals surface area contributed by atoms with Crippen LogP contribution in [0.15, 0.2) is 47.4 Å². The maximum Gasteiger partial charge on any atom is 0.256 e. The highest BCUT2D eigenvalue weighted by Gasteiger charge is 2.18. The van der Waals surface area contributed by atoms with Crippen molar-refractivity contribution in [2.45, 2.75) is 4.90 Å². The van der Waals surface area contributed by atoms with Crippen molar-refractivity contribution in [2.24, 2.45) is 0 Å². The van der Waals surface area contributed by atoms with E-state index in [1.165, 1.54) is 0 Å². The number of nitrogens with one attached hydrogen (secondary N) is 1. The second kappa shape index (κ2) is 7.88. The molecule has 140 valence electrons. The highest BCUT2D eigenvalue weighted by molar-refractivity contribution is 7.98. The molecule has 0 bridgehead atoms. The highest BCUT2D eigenvalue weighted by atomic mass is 32.2. The summed E-state index contributed by atoms with van der Waals surface area (Å²) in [6.07, 6.45) is 1.98. The third kappa shape index (κ3) is 3.95. The third-order valence-corrected chi connectivity index (χ3v) is 6.64. The van der Waals surface area contributed by atoms with Crippen molar-refractivity contribution in [1.82, 2.24) is 9.88 Å². The number of thiazole rings is 1. The van der Waals surface area contributed by atoms with Gasteiger partial charge in [-0.05, 0) is 43.6 Å². The Kier molecular flexibility index (Phi) is 5.33. The van der Waals surface area contributed by atoms with E-state index in [4.69, 9.17) is 4.98 Å². The second-order valence-electron chi connectivity index (χ2n) is 6.62. The molecule has 2 heterocycles. The van der Waals surface area contributed by atoms with Crippen molar-refractivity contribution < 1.29 is 4.79 Å². The molecule has 1 amide bonds. The fraction of sp³-hybridized carbons (Fsp3) is 0.300. The van der Waals surface area contributed by atoms with Crippen LogP contribution < -0.4 is 10.2 Å². The molecule has 3 aromatic rings. The van der Waals surface area contributed by atoms with Crippen molar-refractivity contribution in [3.63, 3.8) is 0 Å². The summed E-state index contributed by atoms with van der Waals surface area (Å²) in [6.45, 7) is 4.13. The number of benzene rings is 2. The summed E-state index contributed by atoms with van der Waals surface area (Å²) in [7, 11) is 2.15. The molecule has 1 aliphatic heterocycles. The maximum atomic E-state index is 12.7. The van der Waals surface area contributed by atoms with Crippen LogP contribution in [0.25, 0.3) is 10.2 Å². The van der Waals surface area contributed by atoms with Crippen LogP contribution in [0.2, 0.25) is 0 Å². The van der Waals surface area contributed by atoms with E-state index in [0.717, 1.165) is 52.1 Å². The lowest BCUT2D eigenvalue weighted by Gasteiger charge is -2.31. The number of piperazine rings is 1. The van der Waals surface area contributed by atoms with E-state index in [1.54, 1.807) is 23.1 Å². The summed E-state index contributed by atoms with van der Waals surface area (Å²) in [4.78, 5) is 23.1. The van der Waals surface area contributed by atoms with Crippen molar-refractivity contribution >= 4 is 50.0 Å². The predicted octanol–water partition coefficient (Wildman–Crippen LogP) is 4.02. The van der Waals surface area contributed by atoms with Gasteiger partial charge in [0.2, 0.25) is 0 Å². The molecule has 0 atom stereocenters. The van der Waals surface area contributed by atoms with E-state index < -0.39 is 0 Å². The van der Waals surface area contributed by atoms with Gasteiger partial charge in [0.05, 0.1) is 15.8 Å².